The summed E-state index contributed by atoms with van der Waals surface area (Å²) in [6.45, 7) is 4.60. The average Bonchev–Trinajstić information content (AvgIpc) is 3.35. The molecule has 0 radical (unpaired) electrons. The van der Waals surface area contributed by atoms with Crippen molar-refractivity contribution in [3.63, 3.8) is 0 Å². The summed E-state index contributed by atoms with van der Waals surface area (Å²) in [5.74, 6) is 0.565. The normalized spacial score (nSPS) is 12.7. The highest BCUT2D eigenvalue weighted by molar-refractivity contribution is 5.99. The molecule has 0 saturated heterocycles. The van der Waals surface area contributed by atoms with E-state index in [0.717, 1.165) is 44.7 Å². The standard InChI is InChI=1S/C42H30N4/c1-42(2)34-21-9-6-19-32(34)39-35(42)22-13-25-38(39)46(37-24-11-8-18-31(37)29-15-4-3-5-16-29)41-44-36-23-10-7-20-33(36)40(45-41)30-17-12-14-28(26-30)27-43/h3-26H,1-2H3. The third-order valence-corrected chi connectivity index (χ3v) is 9.11. The Balaban J connectivity index is 1.47. The summed E-state index contributed by atoms with van der Waals surface area (Å²) in [5.41, 5.74) is 12.1. The summed E-state index contributed by atoms with van der Waals surface area (Å²) >= 11 is 0. The smallest absolute Gasteiger partial charge is 0.235 e. The molecule has 0 fully saturated rings. The Morgan fingerprint density at radius 1 is 0.587 bits per heavy atom. The van der Waals surface area contributed by atoms with Crippen molar-refractivity contribution >= 4 is 28.2 Å². The highest BCUT2D eigenvalue weighted by Gasteiger charge is 2.38. The van der Waals surface area contributed by atoms with Gasteiger partial charge in [-0.25, -0.2) is 9.97 Å². The van der Waals surface area contributed by atoms with Crippen molar-refractivity contribution in [2.24, 2.45) is 0 Å². The Labute approximate surface area is 268 Å². The van der Waals surface area contributed by atoms with Crippen molar-refractivity contribution in [1.82, 2.24) is 9.97 Å². The first-order valence-corrected chi connectivity index (χ1v) is 15.5. The third kappa shape index (κ3) is 4.37. The van der Waals surface area contributed by atoms with Crippen LogP contribution in [0.3, 0.4) is 0 Å². The second-order valence-corrected chi connectivity index (χ2v) is 12.2. The van der Waals surface area contributed by atoms with Gasteiger partial charge in [-0.2, -0.15) is 5.26 Å². The van der Waals surface area contributed by atoms with Crippen LogP contribution >= 0.6 is 0 Å². The Bertz CT molecular complexity index is 2310. The van der Waals surface area contributed by atoms with Gasteiger partial charge in [-0.05, 0) is 52.6 Å². The van der Waals surface area contributed by atoms with Crippen molar-refractivity contribution in [3.8, 4) is 39.6 Å². The van der Waals surface area contributed by atoms with Crippen LogP contribution in [0, 0.1) is 11.3 Å². The fourth-order valence-electron chi connectivity index (χ4n) is 6.92. The van der Waals surface area contributed by atoms with Gasteiger partial charge in [0.2, 0.25) is 5.95 Å². The summed E-state index contributed by atoms with van der Waals surface area (Å²) in [6, 6.07) is 52.3. The number of nitriles is 1. The van der Waals surface area contributed by atoms with Crippen molar-refractivity contribution in [2.75, 3.05) is 4.90 Å². The maximum Gasteiger partial charge on any atom is 0.235 e. The minimum absolute atomic E-state index is 0.167. The molecule has 1 aliphatic carbocycles. The van der Waals surface area contributed by atoms with Gasteiger partial charge < -0.3 is 0 Å². The van der Waals surface area contributed by atoms with Gasteiger partial charge in [0, 0.05) is 27.5 Å². The molecule has 0 N–H and O–H groups in total. The molecule has 1 aromatic heterocycles. The quantitative estimate of drug-likeness (QED) is 0.200. The van der Waals surface area contributed by atoms with E-state index in [4.69, 9.17) is 9.97 Å². The van der Waals surface area contributed by atoms with Crippen LogP contribution in [0.25, 0.3) is 44.4 Å². The molecule has 7 aromatic rings. The molecule has 8 rings (SSSR count). The highest BCUT2D eigenvalue weighted by Crippen LogP contribution is 2.54. The third-order valence-electron chi connectivity index (χ3n) is 9.11. The van der Waals surface area contributed by atoms with Crippen LogP contribution in [0.5, 0.6) is 0 Å². The van der Waals surface area contributed by atoms with Crippen molar-refractivity contribution in [3.05, 3.63) is 162 Å². The van der Waals surface area contributed by atoms with E-state index >= 15 is 0 Å². The molecule has 0 unspecified atom stereocenters. The average molecular weight is 591 g/mol. The Morgan fingerprint density at radius 2 is 1.24 bits per heavy atom. The Morgan fingerprint density at radius 3 is 2.09 bits per heavy atom. The van der Waals surface area contributed by atoms with Gasteiger partial charge in [-0.15, -0.1) is 0 Å². The number of nitrogens with zero attached hydrogens (tertiary/aromatic N) is 4. The van der Waals surface area contributed by atoms with E-state index in [-0.39, 0.29) is 5.41 Å². The fourth-order valence-corrected chi connectivity index (χ4v) is 6.92. The molecule has 46 heavy (non-hydrogen) atoms. The van der Waals surface area contributed by atoms with Crippen LogP contribution in [0.2, 0.25) is 0 Å². The van der Waals surface area contributed by atoms with Crippen LogP contribution in [0.15, 0.2) is 146 Å². The number of hydrogen-bond acceptors (Lipinski definition) is 4. The molecule has 1 heterocycles. The molecule has 218 valence electrons. The lowest BCUT2D eigenvalue weighted by atomic mass is 9.82. The summed E-state index contributed by atoms with van der Waals surface area (Å²) in [6.07, 6.45) is 0. The summed E-state index contributed by atoms with van der Waals surface area (Å²) in [5, 5.41) is 10.7. The topological polar surface area (TPSA) is 52.8 Å². The molecule has 0 bridgehead atoms. The molecule has 0 amide bonds. The van der Waals surface area contributed by atoms with Gasteiger partial charge in [-0.3, -0.25) is 4.90 Å². The Hall–Kier alpha value is -6.05. The zero-order valence-electron chi connectivity index (χ0n) is 25.6. The van der Waals surface area contributed by atoms with E-state index in [1.807, 2.05) is 48.5 Å². The van der Waals surface area contributed by atoms with Crippen molar-refractivity contribution in [1.29, 1.82) is 5.26 Å². The molecule has 4 heteroatoms. The predicted octanol–water partition coefficient (Wildman–Crippen LogP) is 10.6. The van der Waals surface area contributed by atoms with E-state index in [1.54, 1.807) is 0 Å². The van der Waals surface area contributed by atoms with Crippen LogP contribution < -0.4 is 4.90 Å². The molecule has 0 spiro atoms. The van der Waals surface area contributed by atoms with Gasteiger partial charge >= 0.3 is 0 Å². The lowest BCUT2D eigenvalue weighted by molar-refractivity contribution is 0.660. The summed E-state index contributed by atoms with van der Waals surface area (Å²) in [7, 11) is 0. The van der Waals surface area contributed by atoms with Gasteiger partial charge in [0.15, 0.2) is 0 Å². The number of rotatable bonds is 5. The molecule has 0 saturated carbocycles. The molecule has 0 aliphatic heterocycles. The maximum atomic E-state index is 9.72. The van der Waals surface area contributed by atoms with E-state index < -0.39 is 0 Å². The predicted molar refractivity (Wildman–Crippen MR) is 187 cm³/mol. The largest absolute Gasteiger partial charge is 0.278 e. The van der Waals surface area contributed by atoms with E-state index in [9.17, 15) is 5.26 Å². The van der Waals surface area contributed by atoms with Crippen molar-refractivity contribution in [2.45, 2.75) is 19.3 Å². The minimum atomic E-state index is -0.167. The first kappa shape index (κ1) is 27.5. The first-order valence-electron chi connectivity index (χ1n) is 15.5. The van der Waals surface area contributed by atoms with Crippen LogP contribution in [0.4, 0.5) is 17.3 Å². The Kier molecular flexibility index (Phi) is 6.48. The first-order chi connectivity index (χ1) is 22.5. The van der Waals surface area contributed by atoms with Gasteiger partial charge in [-0.1, -0.05) is 129 Å². The molecule has 4 nitrogen and oxygen atoms in total. The molecule has 1 aliphatic rings. The molecular weight excluding hydrogens is 560 g/mol. The van der Waals surface area contributed by atoms with Crippen molar-refractivity contribution < 1.29 is 0 Å². The summed E-state index contributed by atoms with van der Waals surface area (Å²) in [4.78, 5) is 12.8. The molecular formula is C42H30N4. The lowest BCUT2D eigenvalue weighted by Crippen LogP contribution is -2.18. The maximum absolute atomic E-state index is 9.72. The molecule has 0 atom stereocenters. The number of para-hydroxylation sites is 2. The van der Waals surface area contributed by atoms with Crippen LogP contribution in [-0.4, -0.2) is 9.97 Å². The van der Waals surface area contributed by atoms with E-state index in [1.165, 1.54) is 22.3 Å². The number of fused-ring (bicyclic) bond motifs is 4. The van der Waals surface area contributed by atoms with Gasteiger partial charge in [0.25, 0.3) is 0 Å². The van der Waals surface area contributed by atoms with Crippen LogP contribution in [-0.2, 0) is 5.41 Å². The van der Waals surface area contributed by atoms with Gasteiger partial charge in [0.05, 0.1) is 34.2 Å². The second kappa shape index (κ2) is 10.8. The number of hydrogen-bond donors (Lipinski definition) is 0. The number of aromatic nitrogens is 2. The van der Waals surface area contributed by atoms with Crippen LogP contribution in [0.1, 0.15) is 30.5 Å². The highest BCUT2D eigenvalue weighted by atomic mass is 15.3. The zero-order valence-corrected chi connectivity index (χ0v) is 25.6. The van der Waals surface area contributed by atoms with Gasteiger partial charge in [0.1, 0.15) is 0 Å². The minimum Gasteiger partial charge on any atom is -0.278 e. The van der Waals surface area contributed by atoms with E-state index in [2.05, 4.69) is 122 Å². The summed E-state index contributed by atoms with van der Waals surface area (Å²) < 4.78 is 0. The SMILES string of the molecule is CC1(C)c2ccccc2-c2c(N(c3nc(-c4cccc(C#N)c4)c4ccccc4n3)c3ccccc3-c3ccccc3)cccc21. The number of anilines is 3. The zero-order chi connectivity index (χ0) is 31.3. The fraction of sp³-hybridized carbons (Fsp3) is 0.0714. The lowest BCUT2D eigenvalue weighted by Gasteiger charge is -2.29. The van der Waals surface area contributed by atoms with E-state index in [0.29, 0.717) is 11.5 Å². The number of benzene rings is 6. The molecule has 6 aromatic carbocycles. The monoisotopic (exact) mass is 590 g/mol. The second-order valence-electron chi connectivity index (χ2n) is 12.2.